The lowest BCUT2D eigenvalue weighted by atomic mass is 9.94. The first-order valence-electron chi connectivity index (χ1n) is 8.03. The number of ether oxygens (including phenoxy) is 1. The molecule has 1 aromatic heterocycles. The quantitative estimate of drug-likeness (QED) is 0.874. The highest BCUT2D eigenvalue weighted by Crippen LogP contribution is 2.35. The van der Waals surface area contributed by atoms with E-state index < -0.39 is 0 Å². The highest BCUT2D eigenvalue weighted by atomic mass is 35.5. The summed E-state index contributed by atoms with van der Waals surface area (Å²) in [6.45, 7) is 6.66. The smallest absolute Gasteiger partial charge is 0.271 e. The molecule has 1 amide bonds. The number of rotatable bonds is 3. The molecule has 128 valence electrons. The summed E-state index contributed by atoms with van der Waals surface area (Å²) in [7, 11) is 0. The first-order valence-corrected chi connectivity index (χ1v) is 9.22. The summed E-state index contributed by atoms with van der Waals surface area (Å²) in [6, 6.07) is 7.64. The van der Waals surface area contributed by atoms with E-state index in [1.54, 1.807) is 0 Å². The first kappa shape index (κ1) is 17.4. The van der Waals surface area contributed by atoms with Gasteiger partial charge in [-0.25, -0.2) is 4.98 Å². The number of thiazole rings is 1. The summed E-state index contributed by atoms with van der Waals surface area (Å²) in [4.78, 5) is 18.1. The van der Waals surface area contributed by atoms with Crippen molar-refractivity contribution < 1.29 is 9.53 Å². The molecule has 1 N–H and O–H groups in total. The van der Waals surface area contributed by atoms with Crippen molar-refractivity contribution in [1.29, 1.82) is 0 Å². The lowest BCUT2D eigenvalue weighted by Crippen LogP contribution is -2.46. The van der Waals surface area contributed by atoms with Gasteiger partial charge in [0.2, 0.25) is 0 Å². The molecule has 4 nitrogen and oxygen atoms in total. The van der Waals surface area contributed by atoms with Crippen LogP contribution in [0, 0.1) is 6.92 Å². The topological polar surface area (TPSA) is 51.2 Å². The van der Waals surface area contributed by atoms with Crippen LogP contribution in [0.25, 0.3) is 10.4 Å². The maximum absolute atomic E-state index is 12.8. The second-order valence-corrected chi connectivity index (χ2v) is 8.27. The molecule has 2 aromatic rings. The lowest BCUT2D eigenvalue weighted by Gasteiger charge is -2.35. The average molecular weight is 365 g/mol. The van der Waals surface area contributed by atoms with Gasteiger partial charge in [0.05, 0.1) is 15.5 Å². The van der Waals surface area contributed by atoms with Crippen LogP contribution in [-0.4, -0.2) is 29.1 Å². The second-order valence-electron chi connectivity index (χ2n) is 6.66. The summed E-state index contributed by atoms with van der Waals surface area (Å²) < 4.78 is 5.71. The minimum atomic E-state index is -0.209. The molecule has 3 rings (SSSR count). The normalized spacial score (nSPS) is 19.9. The molecule has 6 heteroatoms. The molecule has 0 radical (unpaired) electrons. The Labute approximate surface area is 151 Å². The number of carbonyl (C=O) groups excluding carboxylic acids is 1. The van der Waals surface area contributed by atoms with E-state index in [4.69, 9.17) is 16.3 Å². The van der Waals surface area contributed by atoms with Crippen LogP contribution in [0.4, 0.5) is 0 Å². The van der Waals surface area contributed by atoms with Gasteiger partial charge in [0.15, 0.2) is 0 Å². The van der Waals surface area contributed by atoms with Crippen molar-refractivity contribution in [2.75, 3.05) is 6.61 Å². The number of nitrogens with one attached hydrogen (secondary N) is 1. The Kier molecular flexibility index (Phi) is 4.95. The third-order valence-electron chi connectivity index (χ3n) is 4.10. The van der Waals surface area contributed by atoms with Crippen LogP contribution in [0.2, 0.25) is 5.02 Å². The molecule has 0 saturated carbocycles. The van der Waals surface area contributed by atoms with E-state index in [0.717, 1.165) is 28.3 Å². The van der Waals surface area contributed by atoms with E-state index >= 15 is 0 Å². The SMILES string of the molecule is Cc1nc(C(=O)NC2CCOC(C)(C)C2)c(-c2ccccc2Cl)s1. The van der Waals surface area contributed by atoms with Crippen LogP contribution < -0.4 is 5.32 Å². The summed E-state index contributed by atoms with van der Waals surface area (Å²) in [5.41, 5.74) is 1.09. The average Bonchev–Trinajstić information content (AvgIpc) is 2.88. The van der Waals surface area contributed by atoms with E-state index in [1.807, 2.05) is 45.0 Å². The Morgan fingerprint density at radius 3 is 2.88 bits per heavy atom. The lowest BCUT2D eigenvalue weighted by molar-refractivity contribution is -0.0615. The van der Waals surface area contributed by atoms with Gasteiger partial charge in [0.25, 0.3) is 5.91 Å². The van der Waals surface area contributed by atoms with Crippen LogP contribution in [0.5, 0.6) is 0 Å². The molecule has 2 heterocycles. The minimum absolute atomic E-state index is 0.0994. The second kappa shape index (κ2) is 6.82. The zero-order chi connectivity index (χ0) is 17.3. The van der Waals surface area contributed by atoms with E-state index in [9.17, 15) is 4.79 Å². The van der Waals surface area contributed by atoms with Crippen molar-refractivity contribution in [3.63, 3.8) is 0 Å². The Morgan fingerprint density at radius 2 is 2.17 bits per heavy atom. The third kappa shape index (κ3) is 3.79. The van der Waals surface area contributed by atoms with Crippen LogP contribution in [0.15, 0.2) is 24.3 Å². The summed E-state index contributed by atoms with van der Waals surface area (Å²) in [6.07, 6.45) is 1.61. The molecule has 0 aliphatic carbocycles. The van der Waals surface area contributed by atoms with Gasteiger partial charge in [-0.15, -0.1) is 11.3 Å². The molecular weight excluding hydrogens is 344 g/mol. The van der Waals surface area contributed by atoms with Gasteiger partial charge in [-0.05, 0) is 39.7 Å². The number of carbonyl (C=O) groups is 1. The van der Waals surface area contributed by atoms with Crippen molar-refractivity contribution in [3.8, 4) is 10.4 Å². The number of amides is 1. The highest BCUT2D eigenvalue weighted by molar-refractivity contribution is 7.15. The van der Waals surface area contributed by atoms with Crippen LogP contribution >= 0.6 is 22.9 Å². The Bertz CT molecular complexity index is 757. The van der Waals surface area contributed by atoms with Gasteiger partial charge in [-0.3, -0.25) is 4.79 Å². The predicted molar refractivity (Wildman–Crippen MR) is 97.8 cm³/mol. The van der Waals surface area contributed by atoms with E-state index in [2.05, 4.69) is 10.3 Å². The molecule has 0 spiro atoms. The largest absolute Gasteiger partial charge is 0.375 e. The van der Waals surface area contributed by atoms with Crippen LogP contribution in [-0.2, 0) is 4.74 Å². The van der Waals surface area contributed by atoms with Gasteiger partial charge in [0.1, 0.15) is 5.69 Å². The molecule has 1 aliphatic heterocycles. The summed E-state index contributed by atoms with van der Waals surface area (Å²) in [5.74, 6) is -0.142. The minimum Gasteiger partial charge on any atom is -0.375 e. The Morgan fingerprint density at radius 1 is 1.42 bits per heavy atom. The summed E-state index contributed by atoms with van der Waals surface area (Å²) >= 11 is 7.80. The predicted octanol–water partition coefficient (Wildman–Crippen LogP) is 4.46. The van der Waals surface area contributed by atoms with Crippen molar-refractivity contribution in [2.24, 2.45) is 0 Å². The standard InChI is InChI=1S/C18H21ClN2O2S/c1-11-20-15(16(24-11)13-6-4-5-7-14(13)19)17(22)21-12-8-9-23-18(2,3)10-12/h4-7,12H,8-10H2,1-3H3,(H,21,22). The molecule has 1 unspecified atom stereocenters. The molecule has 0 bridgehead atoms. The number of hydrogen-bond donors (Lipinski definition) is 1. The number of benzene rings is 1. The van der Waals surface area contributed by atoms with Crippen molar-refractivity contribution in [1.82, 2.24) is 10.3 Å². The Hall–Kier alpha value is -1.43. The molecular formula is C18H21ClN2O2S. The third-order valence-corrected chi connectivity index (χ3v) is 5.43. The van der Waals surface area contributed by atoms with E-state index in [0.29, 0.717) is 17.3 Å². The van der Waals surface area contributed by atoms with Gasteiger partial charge in [-0.1, -0.05) is 29.8 Å². The zero-order valence-corrected chi connectivity index (χ0v) is 15.6. The van der Waals surface area contributed by atoms with Gasteiger partial charge in [-0.2, -0.15) is 0 Å². The fourth-order valence-electron chi connectivity index (χ4n) is 3.02. The van der Waals surface area contributed by atoms with Crippen LogP contribution in [0.3, 0.4) is 0 Å². The molecule has 24 heavy (non-hydrogen) atoms. The molecule has 1 aromatic carbocycles. The van der Waals surface area contributed by atoms with E-state index in [-0.39, 0.29) is 17.6 Å². The Balaban J connectivity index is 1.85. The number of nitrogens with zero attached hydrogens (tertiary/aromatic N) is 1. The fraction of sp³-hybridized carbons (Fsp3) is 0.444. The first-order chi connectivity index (χ1) is 11.4. The van der Waals surface area contributed by atoms with E-state index in [1.165, 1.54) is 11.3 Å². The molecule has 1 aliphatic rings. The monoisotopic (exact) mass is 364 g/mol. The number of aromatic nitrogens is 1. The van der Waals surface area contributed by atoms with Gasteiger partial charge in [0, 0.05) is 23.2 Å². The van der Waals surface area contributed by atoms with Crippen molar-refractivity contribution in [3.05, 3.63) is 40.0 Å². The molecule has 1 atom stereocenters. The van der Waals surface area contributed by atoms with Gasteiger partial charge < -0.3 is 10.1 Å². The number of halogens is 1. The number of aryl methyl sites for hydroxylation is 1. The molecule has 1 fully saturated rings. The van der Waals surface area contributed by atoms with Crippen LogP contribution in [0.1, 0.15) is 42.2 Å². The number of hydrogen-bond acceptors (Lipinski definition) is 4. The van der Waals surface area contributed by atoms with Gasteiger partial charge >= 0.3 is 0 Å². The fourth-order valence-corrected chi connectivity index (χ4v) is 4.26. The highest BCUT2D eigenvalue weighted by Gasteiger charge is 2.31. The maximum atomic E-state index is 12.8. The van der Waals surface area contributed by atoms with Crippen molar-refractivity contribution >= 4 is 28.8 Å². The van der Waals surface area contributed by atoms with Crippen molar-refractivity contribution in [2.45, 2.75) is 45.3 Å². The molecule has 1 saturated heterocycles. The summed E-state index contributed by atoms with van der Waals surface area (Å²) in [5, 5.41) is 4.59. The maximum Gasteiger partial charge on any atom is 0.271 e. The zero-order valence-electron chi connectivity index (χ0n) is 14.1.